The third-order valence-electron chi connectivity index (χ3n) is 4.22. The first-order valence-electron chi connectivity index (χ1n) is 8.34. The first-order valence-corrected chi connectivity index (χ1v) is 8.34. The molecule has 1 fully saturated rings. The highest BCUT2D eigenvalue weighted by atomic mass is 16.2. The van der Waals surface area contributed by atoms with Gasteiger partial charge in [0.05, 0.1) is 11.9 Å². The van der Waals surface area contributed by atoms with Crippen molar-refractivity contribution < 1.29 is 9.59 Å². The molecule has 0 spiro atoms. The summed E-state index contributed by atoms with van der Waals surface area (Å²) in [5.74, 6) is -0.612. The first-order chi connectivity index (χ1) is 12.0. The number of aromatic amines is 1. The second-order valence-electron chi connectivity index (χ2n) is 6.31. The maximum Gasteiger partial charge on any atom is 0.261 e. The molecule has 0 unspecified atom stereocenters. The van der Waals surface area contributed by atoms with E-state index in [2.05, 4.69) is 20.7 Å². The molecule has 2 aromatic heterocycles. The Morgan fingerprint density at radius 1 is 1.32 bits per heavy atom. The van der Waals surface area contributed by atoms with Gasteiger partial charge in [0, 0.05) is 17.9 Å². The molecule has 2 amide bonds. The maximum absolute atomic E-state index is 12.2. The van der Waals surface area contributed by atoms with Crippen molar-refractivity contribution in [2.45, 2.75) is 45.2 Å². The minimum atomic E-state index is -0.517. The number of carbonyl (C=O) groups excluding carboxylic acids is 2. The Labute approximate surface area is 144 Å². The van der Waals surface area contributed by atoms with E-state index in [4.69, 9.17) is 0 Å². The lowest BCUT2D eigenvalue weighted by molar-refractivity contribution is -0.122. The van der Waals surface area contributed by atoms with Crippen LogP contribution in [0.5, 0.6) is 0 Å². The van der Waals surface area contributed by atoms with E-state index >= 15 is 0 Å². The summed E-state index contributed by atoms with van der Waals surface area (Å²) in [5, 5.41) is 9.66. The van der Waals surface area contributed by atoms with Gasteiger partial charge < -0.3 is 15.6 Å². The molecule has 0 atom stereocenters. The van der Waals surface area contributed by atoms with Gasteiger partial charge in [0.2, 0.25) is 5.91 Å². The highest BCUT2D eigenvalue weighted by molar-refractivity contribution is 6.03. The molecule has 1 aliphatic carbocycles. The summed E-state index contributed by atoms with van der Waals surface area (Å²) in [6.45, 7) is 1.83. The minimum Gasteiger partial charge on any atom is -0.352 e. The van der Waals surface area contributed by atoms with Crippen LogP contribution in [0.4, 0.5) is 5.69 Å². The molecule has 0 aliphatic heterocycles. The summed E-state index contributed by atoms with van der Waals surface area (Å²) >= 11 is 0. The fraction of sp³-hybridized carbons (Fsp3) is 0.412. The Balaban J connectivity index is 1.58. The van der Waals surface area contributed by atoms with Crippen molar-refractivity contribution >= 4 is 17.5 Å². The third-order valence-corrected chi connectivity index (χ3v) is 4.22. The molecule has 8 heteroatoms. The number of aromatic nitrogens is 3. The van der Waals surface area contributed by atoms with Crippen molar-refractivity contribution in [1.29, 1.82) is 0 Å². The summed E-state index contributed by atoms with van der Waals surface area (Å²) in [6.07, 6.45) is 7.37. The van der Waals surface area contributed by atoms with Crippen molar-refractivity contribution in [3.05, 3.63) is 46.1 Å². The number of nitrogens with one attached hydrogen (secondary N) is 3. The number of carbonyl (C=O) groups is 2. The largest absolute Gasteiger partial charge is 0.352 e. The van der Waals surface area contributed by atoms with E-state index in [-0.39, 0.29) is 24.1 Å². The average molecular weight is 343 g/mol. The molecule has 1 aliphatic rings. The standard InChI is InChI=1S/C17H21N5O3/c1-11-6-7-14(16(24)19-11)17(25)21-13-8-18-22(9-13)10-15(23)20-12-4-2-3-5-12/h6-9,12H,2-5,10H2,1H3,(H,19,24)(H,20,23)(H,21,25). The molecular formula is C17H21N5O3. The monoisotopic (exact) mass is 343 g/mol. The van der Waals surface area contributed by atoms with E-state index in [1.807, 2.05) is 0 Å². The van der Waals surface area contributed by atoms with Gasteiger partial charge in [-0.05, 0) is 31.9 Å². The van der Waals surface area contributed by atoms with Crippen molar-refractivity contribution in [2.24, 2.45) is 0 Å². The number of H-pyrrole nitrogens is 1. The molecule has 3 N–H and O–H groups in total. The average Bonchev–Trinajstić information content (AvgIpc) is 3.19. The Morgan fingerprint density at radius 2 is 2.08 bits per heavy atom. The van der Waals surface area contributed by atoms with Gasteiger partial charge in [0.25, 0.3) is 11.5 Å². The molecule has 0 aromatic carbocycles. The molecule has 0 radical (unpaired) electrons. The lowest BCUT2D eigenvalue weighted by Crippen LogP contribution is -2.35. The number of amides is 2. The fourth-order valence-electron chi connectivity index (χ4n) is 2.95. The van der Waals surface area contributed by atoms with Crippen LogP contribution in [-0.4, -0.2) is 32.6 Å². The molecular weight excluding hydrogens is 322 g/mol. The van der Waals surface area contributed by atoms with Crippen LogP contribution in [0.2, 0.25) is 0 Å². The van der Waals surface area contributed by atoms with E-state index in [0.717, 1.165) is 25.7 Å². The number of hydrogen-bond acceptors (Lipinski definition) is 4. The summed E-state index contributed by atoms with van der Waals surface area (Å²) in [7, 11) is 0. The van der Waals surface area contributed by atoms with Crippen molar-refractivity contribution in [3.8, 4) is 0 Å². The zero-order valence-electron chi connectivity index (χ0n) is 14.0. The zero-order chi connectivity index (χ0) is 17.8. The van der Waals surface area contributed by atoms with Gasteiger partial charge in [-0.3, -0.25) is 19.1 Å². The van der Waals surface area contributed by atoms with Gasteiger partial charge in [0.15, 0.2) is 0 Å². The Bertz CT molecular complexity index is 833. The fourth-order valence-corrected chi connectivity index (χ4v) is 2.95. The van der Waals surface area contributed by atoms with Crippen LogP contribution in [0.1, 0.15) is 41.7 Å². The smallest absolute Gasteiger partial charge is 0.261 e. The molecule has 25 heavy (non-hydrogen) atoms. The number of nitrogens with zero attached hydrogens (tertiary/aromatic N) is 2. The SMILES string of the molecule is Cc1ccc(C(=O)Nc2cnn(CC(=O)NC3CCCC3)c2)c(=O)[nH]1. The van der Waals surface area contributed by atoms with Crippen LogP contribution < -0.4 is 16.2 Å². The van der Waals surface area contributed by atoms with Gasteiger partial charge in [-0.15, -0.1) is 0 Å². The summed E-state index contributed by atoms with van der Waals surface area (Å²) in [4.78, 5) is 38.5. The van der Waals surface area contributed by atoms with E-state index in [9.17, 15) is 14.4 Å². The van der Waals surface area contributed by atoms with Gasteiger partial charge in [-0.1, -0.05) is 12.8 Å². The lowest BCUT2D eigenvalue weighted by atomic mass is 10.2. The van der Waals surface area contributed by atoms with Crippen molar-refractivity contribution in [2.75, 3.05) is 5.32 Å². The zero-order valence-corrected chi connectivity index (χ0v) is 14.0. The van der Waals surface area contributed by atoms with E-state index < -0.39 is 11.5 Å². The molecule has 2 aromatic rings. The Morgan fingerprint density at radius 3 is 2.80 bits per heavy atom. The van der Waals surface area contributed by atoms with Crippen molar-refractivity contribution in [1.82, 2.24) is 20.1 Å². The Hall–Kier alpha value is -2.90. The summed E-state index contributed by atoms with van der Waals surface area (Å²) in [6, 6.07) is 3.39. The predicted molar refractivity (Wildman–Crippen MR) is 92.4 cm³/mol. The molecule has 8 nitrogen and oxygen atoms in total. The van der Waals surface area contributed by atoms with E-state index in [1.54, 1.807) is 19.2 Å². The van der Waals surface area contributed by atoms with Crippen LogP contribution in [0.25, 0.3) is 0 Å². The minimum absolute atomic E-state index is 0.0253. The number of rotatable bonds is 5. The maximum atomic E-state index is 12.2. The second-order valence-corrected chi connectivity index (χ2v) is 6.31. The number of anilines is 1. The van der Waals surface area contributed by atoms with E-state index in [0.29, 0.717) is 11.4 Å². The van der Waals surface area contributed by atoms with Crippen LogP contribution in [0.15, 0.2) is 29.3 Å². The molecule has 1 saturated carbocycles. The third kappa shape index (κ3) is 4.34. The van der Waals surface area contributed by atoms with Crippen molar-refractivity contribution in [3.63, 3.8) is 0 Å². The molecule has 3 rings (SSSR count). The molecule has 0 bridgehead atoms. The van der Waals surface area contributed by atoms with Gasteiger partial charge >= 0.3 is 0 Å². The normalized spacial score (nSPS) is 14.4. The highest BCUT2D eigenvalue weighted by Gasteiger charge is 2.17. The number of hydrogen-bond donors (Lipinski definition) is 3. The van der Waals surface area contributed by atoms with Gasteiger partial charge in [-0.2, -0.15) is 5.10 Å². The molecule has 0 saturated heterocycles. The Kier molecular flexibility index (Phi) is 4.97. The van der Waals surface area contributed by atoms with Gasteiger partial charge in [-0.25, -0.2) is 0 Å². The van der Waals surface area contributed by atoms with Crippen LogP contribution in [-0.2, 0) is 11.3 Å². The highest BCUT2D eigenvalue weighted by Crippen LogP contribution is 2.17. The number of aryl methyl sites for hydroxylation is 1. The van der Waals surface area contributed by atoms with Crippen LogP contribution >= 0.6 is 0 Å². The van der Waals surface area contributed by atoms with E-state index in [1.165, 1.54) is 16.9 Å². The predicted octanol–water partition coefficient (Wildman–Crippen LogP) is 1.19. The molecule has 132 valence electrons. The second kappa shape index (κ2) is 7.33. The quantitative estimate of drug-likeness (QED) is 0.757. The first kappa shape index (κ1) is 16.9. The van der Waals surface area contributed by atoms with Crippen LogP contribution in [0.3, 0.4) is 0 Å². The van der Waals surface area contributed by atoms with Gasteiger partial charge in [0.1, 0.15) is 12.1 Å². The molecule has 2 heterocycles. The summed E-state index contributed by atoms with van der Waals surface area (Å²) in [5.41, 5.74) is 0.694. The van der Waals surface area contributed by atoms with Crippen LogP contribution in [0, 0.1) is 6.92 Å². The topological polar surface area (TPSA) is 109 Å². The lowest BCUT2D eigenvalue weighted by Gasteiger charge is -2.11. The summed E-state index contributed by atoms with van der Waals surface area (Å²) < 4.78 is 1.46. The number of pyridine rings is 1.